The van der Waals surface area contributed by atoms with Crippen molar-refractivity contribution in [3.63, 3.8) is 0 Å². The van der Waals surface area contributed by atoms with Gasteiger partial charge in [0.25, 0.3) is 0 Å². The Hall–Kier alpha value is -0.0700. The normalized spacial score (nSPS) is 23.5. The molecule has 0 heterocycles. The lowest BCUT2D eigenvalue weighted by Gasteiger charge is -2.20. The molecule has 6 heavy (non-hydrogen) atoms. The topological polar surface area (TPSA) is 0 Å². The van der Waals surface area contributed by atoms with Crippen LogP contribution >= 0.6 is 0 Å². The highest BCUT2D eigenvalue weighted by atomic mass is 19.1. The Labute approximate surface area is 37.4 Å². The summed E-state index contributed by atoms with van der Waals surface area (Å²) in [7, 11) is 0. The van der Waals surface area contributed by atoms with Crippen molar-refractivity contribution in [3.8, 4) is 0 Å². The first kappa shape index (κ1) is 4.10. The molecule has 0 radical (unpaired) electrons. The van der Waals surface area contributed by atoms with Gasteiger partial charge in [-0.05, 0) is 18.8 Å². The van der Waals surface area contributed by atoms with Gasteiger partial charge in [-0.3, -0.25) is 4.39 Å². The van der Waals surface area contributed by atoms with Crippen LogP contribution in [-0.2, 0) is 0 Å². The smallest absolute Gasteiger partial charge is 0.0922 e. The minimum absolute atomic E-state index is 0.0833. The van der Waals surface area contributed by atoms with Gasteiger partial charge in [0.15, 0.2) is 0 Å². The van der Waals surface area contributed by atoms with E-state index in [1.807, 2.05) is 0 Å². The van der Waals surface area contributed by atoms with E-state index < -0.39 is 0 Å². The van der Waals surface area contributed by atoms with E-state index in [4.69, 9.17) is 0 Å². The van der Waals surface area contributed by atoms with E-state index >= 15 is 0 Å². The van der Waals surface area contributed by atoms with Crippen LogP contribution in [-0.4, -0.2) is 6.67 Å². The van der Waals surface area contributed by atoms with Gasteiger partial charge in [0.05, 0.1) is 6.67 Å². The fourth-order valence-corrected chi connectivity index (χ4v) is 0.647. The number of halogens is 1. The van der Waals surface area contributed by atoms with Crippen molar-refractivity contribution in [2.45, 2.75) is 19.3 Å². The average Bonchev–Trinajstić information content (AvgIpc) is 1.31. The van der Waals surface area contributed by atoms with Crippen LogP contribution in [0.25, 0.3) is 0 Å². The summed E-state index contributed by atoms with van der Waals surface area (Å²) in [6.07, 6.45) is 3.53. The van der Waals surface area contributed by atoms with E-state index in [1.54, 1.807) is 0 Å². The molecule has 1 aliphatic rings. The Morgan fingerprint density at radius 1 is 1.50 bits per heavy atom. The minimum atomic E-state index is -0.0833. The van der Waals surface area contributed by atoms with Gasteiger partial charge in [0.2, 0.25) is 0 Å². The molecule has 0 spiro atoms. The van der Waals surface area contributed by atoms with Crippen LogP contribution in [0.5, 0.6) is 0 Å². The third kappa shape index (κ3) is 0.537. The van der Waals surface area contributed by atoms with Gasteiger partial charge >= 0.3 is 0 Å². The fraction of sp³-hybridized carbons (Fsp3) is 1.00. The first-order valence-corrected chi connectivity index (χ1v) is 2.49. The molecule has 0 saturated heterocycles. The summed E-state index contributed by atoms with van der Waals surface area (Å²) in [4.78, 5) is 0. The zero-order chi connectivity index (χ0) is 4.41. The van der Waals surface area contributed by atoms with E-state index in [-0.39, 0.29) is 6.67 Å². The molecule has 1 heteroatoms. The lowest BCUT2D eigenvalue weighted by atomic mass is 9.87. The maximum absolute atomic E-state index is 11.4. The van der Waals surface area contributed by atoms with E-state index in [0.717, 1.165) is 12.8 Å². The van der Waals surface area contributed by atoms with Crippen molar-refractivity contribution in [1.29, 1.82) is 0 Å². The van der Waals surface area contributed by atoms with Crippen LogP contribution < -0.4 is 0 Å². The van der Waals surface area contributed by atoms with Gasteiger partial charge in [0, 0.05) is 0 Å². The number of hydrogen-bond donors (Lipinski definition) is 0. The molecule has 0 bridgehead atoms. The van der Waals surface area contributed by atoms with Crippen LogP contribution in [0, 0.1) is 5.92 Å². The Morgan fingerprint density at radius 2 is 2.17 bits per heavy atom. The van der Waals surface area contributed by atoms with Crippen molar-refractivity contribution in [1.82, 2.24) is 0 Å². The van der Waals surface area contributed by atoms with E-state index in [0.29, 0.717) is 5.92 Å². The highest BCUT2D eigenvalue weighted by Gasteiger charge is 2.15. The molecular formula is C5H9F. The molecule has 1 rings (SSSR count). The molecule has 0 N–H and O–H groups in total. The molecule has 36 valence electrons. The summed E-state index contributed by atoms with van der Waals surface area (Å²) < 4.78 is 11.4. The molecule has 0 atom stereocenters. The van der Waals surface area contributed by atoms with Crippen LogP contribution in [0.2, 0.25) is 0 Å². The molecule has 0 aromatic heterocycles. The van der Waals surface area contributed by atoms with Gasteiger partial charge in [-0.1, -0.05) is 6.42 Å². The van der Waals surface area contributed by atoms with Crippen LogP contribution in [0.3, 0.4) is 0 Å². The molecule has 1 fully saturated rings. The van der Waals surface area contributed by atoms with Gasteiger partial charge in [0.1, 0.15) is 0 Å². The van der Waals surface area contributed by atoms with E-state index in [1.165, 1.54) is 6.42 Å². The van der Waals surface area contributed by atoms with Crippen molar-refractivity contribution in [2.24, 2.45) is 5.92 Å². The second-order valence-corrected chi connectivity index (χ2v) is 1.95. The van der Waals surface area contributed by atoms with Crippen molar-refractivity contribution in [2.75, 3.05) is 6.67 Å². The number of rotatable bonds is 1. The Morgan fingerprint density at radius 3 is 2.17 bits per heavy atom. The molecule has 1 aliphatic carbocycles. The lowest BCUT2D eigenvalue weighted by molar-refractivity contribution is 0.243. The Kier molecular flexibility index (Phi) is 1.08. The molecule has 0 aromatic rings. The standard InChI is InChI=1S/C5H9F/c6-4-5-2-1-3-5/h5H,1-4H2. The SMILES string of the molecule is FCC1CCC1. The first-order valence-electron chi connectivity index (χ1n) is 2.49. The van der Waals surface area contributed by atoms with Gasteiger partial charge in [-0.2, -0.15) is 0 Å². The zero-order valence-corrected chi connectivity index (χ0v) is 3.78. The van der Waals surface area contributed by atoms with E-state index in [2.05, 4.69) is 0 Å². The molecule has 0 aliphatic heterocycles. The largest absolute Gasteiger partial charge is 0.251 e. The predicted molar refractivity (Wildman–Crippen MR) is 23.3 cm³/mol. The zero-order valence-electron chi connectivity index (χ0n) is 3.78. The summed E-state index contributed by atoms with van der Waals surface area (Å²) in [6.45, 7) is -0.0833. The lowest BCUT2D eigenvalue weighted by Crippen LogP contribution is -2.11. The Balaban J connectivity index is 2.01. The summed E-state index contributed by atoms with van der Waals surface area (Å²) in [6, 6.07) is 0. The third-order valence-corrected chi connectivity index (χ3v) is 1.44. The fourth-order valence-electron chi connectivity index (χ4n) is 0.647. The molecule has 0 amide bonds. The van der Waals surface area contributed by atoms with Crippen LogP contribution in [0.1, 0.15) is 19.3 Å². The summed E-state index contributed by atoms with van der Waals surface area (Å²) in [5.41, 5.74) is 0. The van der Waals surface area contributed by atoms with Crippen molar-refractivity contribution >= 4 is 0 Å². The highest BCUT2D eigenvalue weighted by molar-refractivity contribution is 4.67. The molecule has 0 nitrogen and oxygen atoms in total. The predicted octanol–water partition coefficient (Wildman–Crippen LogP) is 1.76. The molecular weight excluding hydrogens is 79.1 g/mol. The van der Waals surface area contributed by atoms with Gasteiger partial charge in [-0.25, -0.2) is 0 Å². The van der Waals surface area contributed by atoms with Gasteiger partial charge in [-0.15, -0.1) is 0 Å². The summed E-state index contributed by atoms with van der Waals surface area (Å²) in [5.74, 6) is 0.449. The van der Waals surface area contributed by atoms with Crippen molar-refractivity contribution in [3.05, 3.63) is 0 Å². The summed E-state index contributed by atoms with van der Waals surface area (Å²) in [5, 5.41) is 0. The molecule has 0 aromatic carbocycles. The van der Waals surface area contributed by atoms with Crippen molar-refractivity contribution < 1.29 is 4.39 Å². The monoisotopic (exact) mass is 88.1 g/mol. The number of alkyl halides is 1. The maximum atomic E-state index is 11.4. The Bertz CT molecular complexity index is 36.4. The summed E-state index contributed by atoms with van der Waals surface area (Å²) >= 11 is 0. The molecule has 0 unspecified atom stereocenters. The third-order valence-electron chi connectivity index (χ3n) is 1.44. The minimum Gasteiger partial charge on any atom is -0.251 e. The second kappa shape index (κ2) is 1.59. The van der Waals surface area contributed by atoms with Crippen LogP contribution in [0.15, 0.2) is 0 Å². The highest BCUT2D eigenvalue weighted by Crippen LogP contribution is 2.25. The molecule has 1 saturated carbocycles. The maximum Gasteiger partial charge on any atom is 0.0922 e. The van der Waals surface area contributed by atoms with E-state index in [9.17, 15) is 4.39 Å². The first-order chi connectivity index (χ1) is 2.93. The van der Waals surface area contributed by atoms with Gasteiger partial charge < -0.3 is 0 Å². The van der Waals surface area contributed by atoms with Crippen LogP contribution in [0.4, 0.5) is 4.39 Å². The number of hydrogen-bond acceptors (Lipinski definition) is 0. The quantitative estimate of drug-likeness (QED) is 0.458. The second-order valence-electron chi connectivity index (χ2n) is 1.95. The average molecular weight is 88.1 g/mol.